The lowest BCUT2D eigenvalue weighted by Gasteiger charge is -2.27. The van der Waals surface area contributed by atoms with E-state index in [1.165, 1.54) is 5.56 Å². The number of amides is 1. The van der Waals surface area contributed by atoms with Crippen LogP contribution in [0.25, 0.3) is 0 Å². The van der Waals surface area contributed by atoms with Crippen molar-refractivity contribution in [1.29, 1.82) is 0 Å². The van der Waals surface area contributed by atoms with E-state index in [-0.39, 0.29) is 5.91 Å². The van der Waals surface area contributed by atoms with Crippen LogP contribution < -0.4 is 4.90 Å². The third kappa shape index (κ3) is 3.65. The fraction of sp³-hybridized carbons (Fsp3) is 0.438. The van der Waals surface area contributed by atoms with Crippen LogP contribution in [0.15, 0.2) is 30.9 Å². The van der Waals surface area contributed by atoms with Gasteiger partial charge in [0.15, 0.2) is 0 Å². The average Bonchev–Trinajstić information content (AvgIpc) is 3.04. The number of rotatable bonds is 6. The van der Waals surface area contributed by atoms with Crippen molar-refractivity contribution in [3.63, 3.8) is 0 Å². The molecule has 1 atom stereocenters. The first-order valence-corrected chi connectivity index (χ1v) is 7.87. The number of benzene rings is 1. The van der Waals surface area contributed by atoms with Crippen molar-refractivity contribution in [2.24, 2.45) is 0 Å². The van der Waals surface area contributed by atoms with E-state index in [1.54, 1.807) is 22.1 Å². The number of nitrogens with zero attached hydrogens (tertiary/aromatic N) is 4. The normalized spacial score (nSPS) is 12.2. The molecule has 0 saturated heterocycles. The Morgan fingerprint density at radius 1 is 1.32 bits per heavy atom. The van der Waals surface area contributed by atoms with Gasteiger partial charge in [-0.05, 0) is 31.4 Å². The number of hydrogen-bond donors (Lipinski definition) is 0. The van der Waals surface area contributed by atoms with Gasteiger partial charge < -0.3 is 4.57 Å². The van der Waals surface area contributed by atoms with Gasteiger partial charge in [0.2, 0.25) is 5.91 Å². The quantitative estimate of drug-likeness (QED) is 0.768. The molecule has 0 aliphatic carbocycles. The van der Waals surface area contributed by atoms with E-state index in [0.29, 0.717) is 13.1 Å². The minimum Gasteiger partial charge on any atom is -0.301 e. The molecule has 1 amide bonds. The maximum absolute atomic E-state index is 12.7. The summed E-state index contributed by atoms with van der Waals surface area (Å²) in [4.78, 5) is 14.4. The SMILES string of the molecule is CCc1cc(C)ccc1N(Cn1cnnc1)C(=O)C(Cl)CC. The molecule has 5 nitrogen and oxygen atoms in total. The molecule has 0 aliphatic rings. The van der Waals surface area contributed by atoms with Gasteiger partial charge in [-0.15, -0.1) is 21.8 Å². The molecule has 0 fully saturated rings. The zero-order valence-electron chi connectivity index (χ0n) is 13.2. The van der Waals surface area contributed by atoms with Gasteiger partial charge in [-0.3, -0.25) is 9.69 Å². The van der Waals surface area contributed by atoms with Crippen LogP contribution in [0.4, 0.5) is 5.69 Å². The summed E-state index contributed by atoms with van der Waals surface area (Å²) in [6, 6.07) is 6.10. The second-order valence-corrected chi connectivity index (χ2v) is 5.77. The minimum absolute atomic E-state index is 0.101. The van der Waals surface area contributed by atoms with Crippen LogP contribution in [-0.4, -0.2) is 26.0 Å². The summed E-state index contributed by atoms with van der Waals surface area (Å²) in [6.45, 7) is 6.39. The maximum atomic E-state index is 12.7. The Labute approximate surface area is 135 Å². The van der Waals surface area contributed by atoms with Crippen molar-refractivity contribution in [2.45, 2.75) is 45.7 Å². The summed E-state index contributed by atoms with van der Waals surface area (Å²) in [5, 5.41) is 7.04. The molecule has 1 unspecified atom stereocenters. The summed E-state index contributed by atoms with van der Waals surface area (Å²) in [5.41, 5.74) is 3.20. The minimum atomic E-state index is -0.539. The zero-order valence-corrected chi connectivity index (χ0v) is 13.9. The van der Waals surface area contributed by atoms with E-state index in [9.17, 15) is 4.79 Å². The smallest absolute Gasteiger partial charge is 0.246 e. The number of carbonyl (C=O) groups excluding carboxylic acids is 1. The fourth-order valence-electron chi connectivity index (χ4n) is 2.33. The zero-order chi connectivity index (χ0) is 16.1. The van der Waals surface area contributed by atoms with E-state index < -0.39 is 5.38 Å². The van der Waals surface area contributed by atoms with Crippen molar-refractivity contribution in [3.05, 3.63) is 42.0 Å². The Kier molecular flexibility index (Phi) is 5.55. The second-order valence-electron chi connectivity index (χ2n) is 5.25. The summed E-state index contributed by atoms with van der Waals surface area (Å²) in [7, 11) is 0. The van der Waals surface area contributed by atoms with Crippen LogP contribution in [0.2, 0.25) is 0 Å². The van der Waals surface area contributed by atoms with Gasteiger partial charge in [0.25, 0.3) is 0 Å². The van der Waals surface area contributed by atoms with Gasteiger partial charge in [-0.2, -0.15) is 0 Å². The number of alkyl halides is 1. The van der Waals surface area contributed by atoms with Crippen molar-refractivity contribution in [1.82, 2.24) is 14.8 Å². The van der Waals surface area contributed by atoms with Crippen LogP contribution in [0.1, 0.15) is 31.4 Å². The van der Waals surface area contributed by atoms with Gasteiger partial charge in [-0.25, -0.2) is 0 Å². The maximum Gasteiger partial charge on any atom is 0.246 e. The van der Waals surface area contributed by atoms with Crippen LogP contribution in [0, 0.1) is 6.92 Å². The third-order valence-corrected chi connectivity index (χ3v) is 4.07. The number of halogens is 1. The Balaban J connectivity index is 2.41. The average molecular weight is 321 g/mol. The molecule has 0 saturated carbocycles. The Morgan fingerprint density at radius 2 is 2.00 bits per heavy atom. The molecule has 6 heteroatoms. The Morgan fingerprint density at radius 3 is 2.59 bits per heavy atom. The third-order valence-electron chi connectivity index (χ3n) is 3.57. The topological polar surface area (TPSA) is 51.0 Å². The van der Waals surface area contributed by atoms with Crippen LogP contribution in [0.3, 0.4) is 0 Å². The largest absolute Gasteiger partial charge is 0.301 e. The molecule has 0 bridgehead atoms. The van der Waals surface area contributed by atoms with Gasteiger partial charge in [0.1, 0.15) is 24.7 Å². The summed E-state index contributed by atoms with van der Waals surface area (Å²) < 4.78 is 1.76. The molecule has 1 heterocycles. The lowest BCUT2D eigenvalue weighted by Crippen LogP contribution is -2.38. The number of carbonyl (C=O) groups is 1. The van der Waals surface area contributed by atoms with E-state index in [4.69, 9.17) is 11.6 Å². The molecular weight excluding hydrogens is 300 g/mol. The molecule has 2 rings (SSSR count). The molecule has 118 valence electrons. The molecule has 0 spiro atoms. The van der Waals surface area contributed by atoms with Crippen LogP contribution in [-0.2, 0) is 17.9 Å². The van der Waals surface area contributed by atoms with Crippen molar-refractivity contribution in [2.75, 3.05) is 4.90 Å². The number of aromatic nitrogens is 3. The summed E-state index contributed by atoms with van der Waals surface area (Å²) in [5.74, 6) is -0.101. The van der Waals surface area contributed by atoms with Gasteiger partial charge in [0.05, 0.1) is 0 Å². The lowest BCUT2D eigenvalue weighted by atomic mass is 10.1. The van der Waals surface area contributed by atoms with Crippen molar-refractivity contribution >= 4 is 23.2 Å². The molecule has 1 aromatic carbocycles. The highest BCUT2D eigenvalue weighted by molar-refractivity contribution is 6.32. The van der Waals surface area contributed by atoms with Gasteiger partial charge >= 0.3 is 0 Å². The van der Waals surface area contributed by atoms with Crippen molar-refractivity contribution < 1.29 is 4.79 Å². The Hall–Kier alpha value is -1.88. The predicted molar refractivity (Wildman–Crippen MR) is 88.0 cm³/mol. The summed E-state index contributed by atoms with van der Waals surface area (Å²) in [6.07, 6.45) is 4.62. The van der Waals surface area contributed by atoms with Crippen LogP contribution >= 0.6 is 11.6 Å². The molecule has 2 aromatic rings. The molecule has 22 heavy (non-hydrogen) atoms. The standard InChI is InChI=1S/C16H21ClN4O/c1-4-13-8-12(3)6-7-15(13)21(16(22)14(17)5-2)11-20-9-18-19-10-20/h6-10,14H,4-5,11H2,1-3H3. The Bertz CT molecular complexity index is 627. The molecule has 1 aromatic heterocycles. The molecule has 0 radical (unpaired) electrons. The predicted octanol–water partition coefficient (Wildman–Crippen LogP) is 3.16. The monoisotopic (exact) mass is 320 g/mol. The lowest BCUT2D eigenvalue weighted by molar-refractivity contribution is -0.118. The molecule has 0 aliphatic heterocycles. The van der Waals surface area contributed by atoms with E-state index in [0.717, 1.165) is 17.7 Å². The first-order chi connectivity index (χ1) is 10.6. The number of hydrogen-bond acceptors (Lipinski definition) is 3. The highest BCUT2D eigenvalue weighted by Gasteiger charge is 2.24. The van der Waals surface area contributed by atoms with E-state index in [2.05, 4.69) is 23.2 Å². The number of anilines is 1. The van der Waals surface area contributed by atoms with E-state index in [1.807, 2.05) is 26.0 Å². The summed E-state index contributed by atoms with van der Waals surface area (Å²) >= 11 is 6.20. The van der Waals surface area contributed by atoms with Gasteiger partial charge in [-0.1, -0.05) is 31.5 Å². The highest BCUT2D eigenvalue weighted by atomic mass is 35.5. The van der Waals surface area contributed by atoms with E-state index >= 15 is 0 Å². The van der Waals surface area contributed by atoms with Gasteiger partial charge in [0, 0.05) is 5.69 Å². The second kappa shape index (κ2) is 7.40. The first kappa shape index (κ1) is 16.5. The molecular formula is C16H21ClN4O. The first-order valence-electron chi connectivity index (χ1n) is 7.44. The number of aryl methyl sites for hydroxylation is 2. The highest BCUT2D eigenvalue weighted by Crippen LogP contribution is 2.25. The van der Waals surface area contributed by atoms with Crippen LogP contribution in [0.5, 0.6) is 0 Å². The molecule has 0 N–H and O–H groups in total. The van der Waals surface area contributed by atoms with Crippen molar-refractivity contribution in [3.8, 4) is 0 Å². The fourth-order valence-corrected chi connectivity index (χ4v) is 2.45.